The SMILES string of the molecule is C=CCN(CC=C)C(=O)Cn1c(CCCCCNC(=O)c2ccc(C)cc2)nc2ccccc21. The van der Waals surface area contributed by atoms with Crippen molar-refractivity contribution in [2.24, 2.45) is 0 Å². The van der Waals surface area contributed by atoms with Crippen LogP contribution in [0.2, 0.25) is 0 Å². The number of benzene rings is 2. The van der Waals surface area contributed by atoms with Crippen LogP contribution >= 0.6 is 0 Å². The molecule has 2 amide bonds. The molecule has 0 saturated heterocycles. The molecule has 0 fully saturated rings. The van der Waals surface area contributed by atoms with E-state index in [1.165, 1.54) is 0 Å². The number of aromatic nitrogens is 2. The lowest BCUT2D eigenvalue weighted by atomic mass is 10.1. The Hall–Kier alpha value is -3.67. The maximum absolute atomic E-state index is 12.9. The number of amides is 2. The van der Waals surface area contributed by atoms with E-state index >= 15 is 0 Å². The summed E-state index contributed by atoms with van der Waals surface area (Å²) in [6, 6.07) is 15.5. The third-order valence-corrected chi connectivity index (χ3v) is 5.76. The van der Waals surface area contributed by atoms with Gasteiger partial charge in [-0.3, -0.25) is 9.59 Å². The van der Waals surface area contributed by atoms with Crippen molar-refractivity contribution in [3.8, 4) is 0 Å². The van der Waals surface area contributed by atoms with Gasteiger partial charge in [0.15, 0.2) is 0 Å². The number of imidazole rings is 1. The largest absolute Gasteiger partial charge is 0.352 e. The molecule has 1 N–H and O–H groups in total. The molecule has 1 aromatic heterocycles. The van der Waals surface area contributed by atoms with Gasteiger partial charge >= 0.3 is 0 Å². The Morgan fingerprint density at radius 3 is 2.41 bits per heavy atom. The monoisotopic (exact) mass is 458 g/mol. The number of hydrogen-bond donors (Lipinski definition) is 1. The topological polar surface area (TPSA) is 67.2 Å². The zero-order chi connectivity index (χ0) is 24.3. The van der Waals surface area contributed by atoms with Crippen LogP contribution in [0.1, 0.15) is 41.0 Å². The van der Waals surface area contributed by atoms with Crippen molar-refractivity contribution >= 4 is 22.8 Å². The minimum absolute atomic E-state index is 0.0167. The molecule has 0 aliphatic carbocycles. The number of aryl methyl sites for hydroxylation is 2. The average Bonchev–Trinajstić information content (AvgIpc) is 3.18. The van der Waals surface area contributed by atoms with Crippen molar-refractivity contribution in [1.29, 1.82) is 0 Å². The maximum atomic E-state index is 12.9. The van der Waals surface area contributed by atoms with Gasteiger partial charge in [0, 0.05) is 31.6 Å². The molecule has 34 heavy (non-hydrogen) atoms. The van der Waals surface area contributed by atoms with E-state index in [-0.39, 0.29) is 18.4 Å². The van der Waals surface area contributed by atoms with Gasteiger partial charge in [0.05, 0.1) is 11.0 Å². The molecule has 0 aliphatic heterocycles. The normalized spacial score (nSPS) is 10.7. The van der Waals surface area contributed by atoms with Crippen LogP contribution in [0.4, 0.5) is 0 Å². The second kappa shape index (κ2) is 12.5. The van der Waals surface area contributed by atoms with Crippen LogP contribution in [0.5, 0.6) is 0 Å². The maximum Gasteiger partial charge on any atom is 0.251 e. The van der Waals surface area contributed by atoms with E-state index in [4.69, 9.17) is 4.98 Å². The van der Waals surface area contributed by atoms with Gasteiger partial charge in [-0.15, -0.1) is 13.2 Å². The number of nitrogens with one attached hydrogen (secondary N) is 1. The molecule has 2 aromatic carbocycles. The molecule has 178 valence electrons. The lowest BCUT2D eigenvalue weighted by molar-refractivity contribution is -0.130. The van der Waals surface area contributed by atoms with E-state index in [0.717, 1.165) is 48.1 Å². The molecule has 0 bridgehead atoms. The Balaban J connectivity index is 1.55. The average molecular weight is 459 g/mol. The first-order valence-corrected chi connectivity index (χ1v) is 11.8. The minimum atomic E-state index is -0.0380. The fourth-order valence-electron chi connectivity index (χ4n) is 3.91. The van der Waals surface area contributed by atoms with Crippen LogP contribution in [-0.4, -0.2) is 45.9 Å². The molecule has 0 spiro atoms. The summed E-state index contributed by atoms with van der Waals surface area (Å²) < 4.78 is 2.02. The standard InChI is InChI=1S/C28H34N4O2/c1-4-19-31(20-5-2)27(33)21-32-25-12-9-8-11-24(25)30-26(32)13-7-6-10-18-29-28(34)23-16-14-22(3)15-17-23/h4-5,8-9,11-12,14-17H,1-2,6-7,10,13,18-21H2,3H3,(H,29,34). The highest BCUT2D eigenvalue weighted by Crippen LogP contribution is 2.18. The number of nitrogens with zero attached hydrogens (tertiary/aromatic N) is 3. The fraction of sp³-hybridized carbons (Fsp3) is 0.321. The minimum Gasteiger partial charge on any atom is -0.352 e. The third-order valence-electron chi connectivity index (χ3n) is 5.76. The molecule has 0 radical (unpaired) electrons. The molecule has 6 nitrogen and oxygen atoms in total. The van der Waals surface area contributed by atoms with Crippen LogP contribution < -0.4 is 5.32 Å². The van der Waals surface area contributed by atoms with Gasteiger partial charge in [-0.25, -0.2) is 4.98 Å². The smallest absolute Gasteiger partial charge is 0.251 e. The van der Waals surface area contributed by atoms with E-state index in [1.54, 1.807) is 17.1 Å². The van der Waals surface area contributed by atoms with E-state index in [1.807, 2.05) is 60.0 Å². The Kier molecular flexibility index (Phi) is 9.21. The summed E-state index contributed by atoms with van der Waals surface area (Å²) in [5.41, 5.74) is 3.69. The summed E-state index contributed by atoms with van der Waals surface area (Å²) in [6.45, 7) is 11.4. The molecular formula is C28H34N4O2. The predicted octanol–water partition coefficient (Wildman–Crippen LogP) is 4.69. The predicted molar refractivity (Wildman–Crippen MR) is 138 cm³/mol. The van der Waals surface area contributed by atoms with Gasteiger partial charge < -0.3 is 14.8 Å². The van der Waals surface area contributed by atoms with Gasteiger partial charge in [-0.1, -0.05) is 48.4 Å². The Morgan fingerprint density at radius 2 is 1.71 bits per heavy atom. The second-order valence-electron chi connectivity index (χ2n) is 8.41. The number of para-hydroxylation sites is 2. The quantitative estimate of drug-likeness (QED) is 0.299. The van der Waals surface area contributed by atoms with Crippen LogP contribution in [-0.2, 0) is 17.8 Å². The molecule has 3 rings (SSSR count). The first kappa shape index (κ1) is 25.0. The number of unbranched alkanes of at least 4 members (excludes halogenated alkanes) is 2. The summed E-state index contributed by atoms with van der Waals surface area (Å²) in [5.74, 6) is 0.891. The first-order valence-electron chi connectivity index (χ1n) is 11.8. The molecule has 0 aliphatic rings. The van der Waals surface area contributed by atoms with Crippen molar-refractivity contribution < 1.29 is 9.59 Å². The highest BCUT2D eigenvalue weighted by Gasteiger charge is 2.17. The lowest BCUT2D eigenvalue weighted by Gasteiger charge is -2.20. The summed E-state index contributed by atoms with van der Waals surface area (Å²) >= 11 is 0. The van der Waals surface area contributed by atoms with Gasteiger partial charge in [0.1, 0.15) is 12.4 Å². The van der Waals surface area contributed by atoms with Crippen LogP contribution in [0.3, 0.4) is 0 Å². The van der Waals surface area contributed by atoms with Crippen molar-refractivity contribution in [2.45, 2.75) is 39.2 Å². The molecular weight excluding hydrogens is 424 g/mol. The summed E-state index contributed by atoms with van der Waals surface area (Å²) in [6.07, 6.45) is 7.02. The van der Waals surface area contributed by atoms with Gasteiger partial charge in [-0.2, -0.15) is 0 Å². The van der Waals surface area contributed by atoms with Gasteiger partial charge in [0.2, 0.25) is 5.91 Å². The molecule has 0 atom stereocenters. The summed E-state index contributed by atoms with van der Waals surface area (Å²) in [7, 11) is 0. The lowest BCUT2D eigenvalue weighted by Crippen LogP contribution is -2.34. The Labute approximate surface area is 202 Å². The molecule has 6 heteroatoms. The van der Waals surface area contributed by atoms with E-state index in [9.17, 15) is 9.59 Å². The van der Waals surface area contributed by atoms with Gasteiger partial charge in [-0.05, 0) is 44.0 Å². The molecule has 0 saturated carbocycles. The highest BCUT2D eigenvalue weighted by atomic mass is 16.2. The molecule has 3 aromatic rings. The van der Waals surface area contributed by atoms with Crippen LogP contribution in [0.15, 0.2) is 73.8 Å². The van der Waals surface area contributed by atoms with Crippen molar-refractivity contribution in [2.75, 3.05) is 19.6 Å². The number of carbonyl (C=O) groups excluding carboxylic acids is 2. The van der Waals surface area contributed by atoms with Crippen molar-refractivity contribution in [1.82, 2.24) is 19.8 Å². The highest BCUT2D eigenvalue weighted by molar-refractivity contribution is 5.94. The zero-order valence-electron chi connectivity index (χ0n) is 20.0. The summed E-state index contributed by atoms with van der Waals surface area (Å²) in [4.78, 5) is 31.7. The number of rotatable bonds is 13. The third kappa shape index (κ3) is 6.67. The van der Waals surface area contributed by atoms with Crippen LogP contribution in [0, 0.1) is 6.92 Å². The van der Waals surface area contributed by atoms with E-state index in [2.05, 4.69) is 18.5 Å². The fourth-order valence-corrected chi connectivity index (χ4v) is 3.91. The molecule has 1 heterocycles. The summed E-state index contributed by atoms with van der Waals surface area (Å²) in [5, 5.41) is 2.99. The molecule has 0 unspecified atom stereocenters. The van der Waals surface area contributed by atoms with E-state index in [0.29, 0.717) is 25.2 Å². The Morgan fingerprint density at radius 1 is 1.00 bits per heavy atom. The Bertz CT molecular complexity index is 1120. The van der Waals surface area contributed by atoms with Crippen molar-refractivity contribution in [3.05, 3.63) is 90.8 Å². The number of fused-ring (bicyclic) bond motifs is 1. The van der Waals surface area contributed by atoms with Gasteiger partial charge in [0.25, 0.3) is 5.91 Å². The van der Waals surface area contributed by atoms with E-state index < -0.39 is 0 Å². The number of carbonyl (C=O) groups is 2. The number of hydrogen-bond acceptors (Lipinski definition) is 3. The van der Waals surface area contributed by atoms with Crippen LogP contribution in [0.25, 0.3) is 11.0 Å². The second-order valence-corrected chi connectivity index (χ2v) is 8.41. The first-order chi connectivity index (χ1) is 16.5. The zero-order valence-corrected chi connectivity index (χ0v) is 20.0. The van der Waals surface area contributed by atoms with Crippen molar-refractivity contribution in [3.63, 3.8) is 0 Å².